The fourth-order valence-corrected chi connectivity index (χ4v) is 3.50. The molecule has 3 rings (SSSR count). The van der Waals surface area contributed by atoms with Crippen molar-refractivity contribution in [2.45, 2.75) is 31.7 Å². The molecule has 0 spiro atoms. The Morgan fingerprint density at radius 1 is 1.44 bits per heavy atom. The average molecular weight is 391 g/mol. The van der Waals surface area contributed by atoms with Crippen molar-refractivity contribution in [2.75, 3.05) is 20.3 Å². The van der Waals surface area contributed by atoms with Gasteiger partial charge in [-0.3, -0.25) is 4.99 Å². The van der Waals surface area contributed by atoms with E-state index in [2.05, 4.69) is 9.84 Å². The fourth-order valence-electron chi connectivity index (χ4n) is 3.21. The van der Waals surface area contributed by atoms with Gasteiger partial charge in [-0.1, -0.05) is 17.7 Å². The molecule has 1 saturated carbocycles. The quantitative estimate of drug-likeness (QED) is 0.541. The van der Waals surface area contributed by atoms with Gasteiger partial charge in [0.25, 0.3) is 6.04 Å². The van der Waals surface area contributed by atoms with Crippen molar-refractivity contribution in [3.63, 3.8) is 0 Å². The van der Waals surface area contributed by atoms with E-state index in [1.54, 1.807) is 6.92 Å². The lowest BCUT2D eigenvalue weighted by Gasteiger charge is -2.27. The zero-order chi connectivity index (χ0) is 19.6. The summed E-state index contributed by atoms with van der Waals surface area (Å²) in [5.74, 6) is -1.30. The minimum absolute atomic E-state index is 0.102. The molecule has 1 aliphatic heterocycles. The predicted molar refractivity (Wildman–Crippen MR) is 100 cm³/mol. The van der Waals surface area contributed by atoms with E-state index in [-0.39, 0.29) is 17.2 Å². The molecule has 0 aromatic heterocycles. The zero-order valence-electron chi connectivity index (χ0n) is 15.2. The van der Waals surface area contributed by atoms with Crippen LogP contribution in [0.15, 0.2) is 34.5 Å². The van der Waals surface area contributed by atoms with Crippen molar-refractivity contribution in [2.24, 2.45) is 10.9 Å². The summed E-state index contributed by atoms with van der Waals surface area (Å²) in [6, 6.07) is 3.24. The van der Waals surface area contributed by atoms with E-state index in [0.29, 0.717) is 29.5 Å². The lowest BCUT2D eigenvalue weighted by Crippen LogP contribution is -2.34. The summed E-state index contributed by atoms with van der Waals surface area (Å²) in [5, 5.41) is 0.160. The monoisotopic (exact) mass is 390 g/mol. The first-order chi connectivity index (χ1) is 13.0. The number of methoxy groups -OCH3 is 1. The first-order valence-corrected chi connectivity index (χ1v) is 9.09. The Kier molecular flexibility index (Phi) is 5.93. The van der Waals surface area contributed by atoms with E-state index >= 15 is 0 Å². The van der Waals surface area contributed by atoms with Crippen LogP contribution in [0.4, 0.5) is 4.39 Å². The van der Waals surface area contributed by atoms with Crippen molar-refractivity contribution < 1.29 is 18.7 Å². The van der Waals surface area contributed by atoms with Gasteiger partial charge in [-0.05, 0) is 43.4 Å². The number of rotatable bonds is 6. The third-order valence-corrected chi connectivity index (χ3v) is 5.09. The van der Waals surface area contributed by atoms with E-state index in [9.17, 15) is 9.18 Å². The maximum atomic E-state index is 13.5. The maximum Gasteiger partial charge on any atom is 0.336 e. The maximum absolute atomic E-state index is 13.5. The molecule has 1 fully saturated rings. The Morgan fingerprint density at radius 2 is 2.19 bits per heavy atom. The first-order valence-electron chi connectivity index (χ1n) is 8.72. The van der Waals surface area contributed by atoms with Crippen molar-refractivity contribution in [3.8, 4) is 0 Å². The van der Waals surface area contributed by atoms with Crippen molar-refractivity contribution >= 4 is 23.3 Å². The first kappa shape index (κ1) is 19.5. The van der Waals surface area contributed by atoms with E-state index in [1.807, 2.05) is 0 Å². The Bertz CT molecular complexity index is 855. The van der Waals surface area contributed by atoms with Gasteiger partial charge in [-0.25, -0.2) is 15.8 Å². The standard InChI is InChI=1S/C20H20ClFN2O3/c1-11-19(23-2)17(14-7-6-13(22)8-15(14)21)18(16(24-11)10-26-3)20(25)27-9-12-4-5-12/h6-8,12,17,19H,4-5,9-10H2,1,3H3. The van der Waals surface area contributed by atoms with Crippen molar-refractivity contribution in [1.82, 2.24) is 0 Å². The number of esters is 1. The van der Waals surface area contributed by atoms with Crippen LogP contribution in [0.25, 0.3) is 4.85 Å². The van der Waals surface area contributed by atoms with Gasteiger partial charge in [0.2, 0.25) is 0 Å². The van der Waals surface area contributed by atoms with E-state index < -0.39 is 23.7 Å². The van der Waals surface area contributed by atoms with Gasteiger partial charge >= 0.3 is 5.97 Å². The predicted octanol–water partition coefficient (Wildman–Crippen LogP) is 4.18. The second-order valence-corrected chi connectivity index (χ2v) is 7.21. The molecule has 2 atom stereocenters. The number of ether oxygens (including phenoxy) is 2. The van der Waals surface area contributed by atoms with Crippen LogP contribution in [0.5, 0.6) is 0 Å². The molecular weight excluding hydrogens is 371 g/mol. The Morgan fingerprint density at radius 3 is 2.78 bits per heavy atom. The molecule has 0 radical (unpaired) electrons. The smallest absolute Gasteiger partial charge is 0.336 e. The van der Waals surface area contributed by atoms with Crippen LogP contribution >= 0.6 is 11.6 Å². The minimum Gasteiger partial charge on any atom is -0.462 e. The molecule has 1 aliphatic carbocycles. The molecule has 2 unspecified atom stereocenters. The number of nitrogens with zero attached hydrogens (tertiary/aromatic N) is 2. The summed E-state index contributed by atoms with van der Waals surface area (Å²) >= 11 is 6.28. The zero-order valence-corrected chi connectivity index (χ0v) is 15.9. The summed E-state index contributed by atoms with van der Waals surface area (Å²) in [4.78, 5) is 21.0. The number of carbonyl (C=O) groups is 1. The van der Waals surface area contributed by atoms with Gasteiger partial charge in [-0.15, -0.1) is 0 Å². The number of aliphatic imine (C=N–C) groups is 1. The van der Waals surface area contributed by atoms with Gasteiger partial charge in [0.05, 0.1) is 30.2 Å². The highest BCUT2D eigenvalue weighted by Crippen LogP contribution is 2.41. The molecule has 1 aromatic rings. The van der Waals surface area contributed by atoms with Crippen LogP contribution in [-0.2, 0) is 14.3 Å². The molecule has 1 heterocycles. The molecule has 5 nitrogen and oxygen atoms in total. The lowest BCUT2D eigenvalue weighted by atomic mass is 9.80. The summed E-state index contributed by atoms with van der Waals surface area (Å²) < 4.78 is 24.2. The molecule has 1 aromatic carbocycles. The second-order valence-electron chi connectivity index (χ2n) is 6.81. The van der Waals surface area contributed by atoms with Crippen LogP contribution in [-0.4, -0.2) is 38.0 Å². The van der Waals surface area contributed by atoms with Gasteiger partial charge in [0, 0.05) is 12.1 Å². The fraction of sp³-hybridized carbons (Fsp3) is 0.450. The molecule has 0 bridgehead atoms. The SMILES string of the molecule is [C-]#[N+]C1C(C)=NC(COC)=C(C(=O)OCC2CC2)C1c1ccc(F)cc1Cl. The number of benzene rings is 1. The van der Waals surface area contributed by atoms with Crippen molar-refractivity contribution in [3.05, 3.63) is 57.3 Å². The van der Waals surface area contributed by atoms with Crippen molar-refractivity contribution in [1.29, 1.82) is 0 Å². The lowest BCUT2D eigenvalue weighted by molar-refractivity contribution is -0.140. The average Bonchev–Trinajstić information content (AvgIpc) is 3.44. The van der Waals surface area contributed by atoms with E-state index in [1.165, 1.54) is 25.3 Å². The van der Waals surface area contributed by atoms with Crippen LogP contribution in [0.1, 0.15) is 31.2 Å². The molecule has 142 valence electrons. The molecule has 27 heavy (non-hydrogen) atoms. The summed E-state index contributed by atoms with van der Waals surface area (Å²) in [6.45, 7) is 9.80. The summed E-state index contributed by atoms with van der Waals surface area (Å²) in [7, 11) is 1.51. The molecule has 2 aliphatic rings. The number of halogens is 2. The third-order valence-electron chi connectivity index (χ3n) is 4.76. The van der Waals surface area contributed by atoms with Crippen LogP contribution in [0.3, 0.4) is 0 Å². The largest absolute Gasteiger partial charge is 0.462 e. The van der Waals surface area contributed by atoms with Crippen LogP contribution in [0.2, 0.25) is 5.02 Å². The number of hydrogen-bond donors (Lipinski definition) is 0. The van der Waals surface area contributed by atoms with Crippen LogP contribution in [0, 0.1) is 18.3 Å². The molecule has 0 amide bonds. The highest BCUT2D eigenvalue weighted by molar-refractivity contribution is 6.31. The Labute approximate surface area is 162 Å². The third kappa shape index (κ3) is 4.20. The molecule has 0 saturated heterocycles. The number of carbonyl (C=O) groups excluding carboxylic acids is 1. The Balaban J connectivity index is 2.09. The minimum atomic E-state index is -0.725. The van der Waals surface area contributed by atoms with E-state index in [4.69, 9.17) is 27.6 Å². The Hall–Kier alpha value is -2.23. The topological polar surface area (TPSA) is 52.2 Å². The van der Waals surface area contributed by atoms with E-state index in [0.717, 1.165) is 12.8 Å². The van der Waals surface area contributed by atoms with Gasteiger partial charge < -0.3 is 14.3 Å². The molecular formula is C20H20ClFN2O3. The highest BCUT2D eigenvalue weighted by atomic mass is 35.5. The summed E-state index contributed by atoms with van der Waals surface area (Å²) in [6.07, 6.45) is 2.10. The number of hydrogen-bond acceptors (Lipinski definition) is 4. The normalized spacial score (nSPS) is 22.3. The second kappa shape index (κ2) is 8.20. The summed E-state index contributed by atoms with van der Waals surface area (Å²) in [5.41, 5.74) is 1.74. The van der Waals surface area contributed by atoms with Crippen LogP contribution < -0.4 is 0 Å². The van der Waals surface area contributed by atoms with Gasteiger partial charge in [-0.2, -0.15) is 0 Å². The highest BCUT2D eigenvalue weighted by Gasteiger charge is 2.44. The van der Waals surface area contributed by atoms with Gasteiger partial charge in [0.1, 0.15) is 11.7 Å². The molecule has 0 N–H and O–H groups in total. The van der Waals surface area contributed by atoms with Gasteiger partial charge in [0.15, 0.2) is 0 Å². The molecule has 7 heteroatoms.